The van der Waals surface area contributed by atoms with Gasteiger partial charge in [-0.05, 0) is 43.6 Å². The maximum Gasteiger partial charge on any atom is 0.282 e. The second-order valence-corrected chi connectivity index (χ2v) is 6.21. The van der Waals surface area contributed by atoms with Crippen LogP contribution >= 0.6 is 11.8 Å². The molecule has 0 N–H and O–H groups in total. The molecule has 0 saturated heterocycles. The molecule has 0 atom stereocenters. The highest BCUT2D eigenvalue weighted by molar-refractivity contribution is 7.98. The number of hydrogen-bond acceptors (Lipinski definition) is 4. The predicted octanol–water partition coefficient (Wildman–Crippen LogP) is 3.58. The van der Waals surface area contributed by atoms with Gasteiger partial charge in [0.2, 0.25) is 0 Å². The Kier molecular flexibility index (Phi) is 5.22. The van der Waals surface area contributed by atoms with Crippen molar-refractivity contribution in [3.05, 3.63) is 33.9 Å². The van der Waals surface area contributed by atoms with E-state index in [4.69, 9.17) is 0 Å². The van der Waals surface area contributed by atoms with Crippen LogP contribution in [0.15, 0.2) is 23.1 Å². The monoisotopic (exact) mass is 308 g/mol. The molecule has 1 aliphatic rings. The molecule has 1 aliphatic carbocycles. The van der Waals surface area contributed by atoms with Crippen molar-refractivity contribution in [2.45, 2.75) is 31.1 Å². The zero-order chi connectivity index (χ0) is 15.4. The van der Waals surface area contributed by atoms with Crippen LogP contribution in [-0.4, -0.2) is 35.1 Å². The van der Waals surface area contributed by atoms with E-state index in [9.17, 15) is 14.9 Å². The Morgan fingerprint density at radius 1 is 1.48 bits per heavy atom. The summed E-state index contributed by atoms with van der Waals surface area (Å²) >= 11 is 1.48. The van der Waals surface area contributed by atoms with Crippen molar-refractivity contribution in [2.75, 3.05) is 19.3 Å². The molecule has 2 rings (SSSR count). The van der Waals surface area contributed by atoms with E-state index in [1.165, 1.54) is 17.8 Å². The van der Waals surface area contributed by atoms with E-state index in [1.807, 2.05) is 13.2 Å². The third kappa shape index (κ3) is 3.97. The minimum atomic E-state index is -0.474. The molecule has 1 fully saturated rings. The van der Waals surface area contributed by atoms with Crippen LogP contribution in [-0.2, 0) is 0 Å². The number of carbonyl (C=O) groups is 1. The lowest BCUT2D eigenvalue weighted by Crippen LogP contribution is -2.34. The van der Waals surface area contributed by atoms with Gasteiger partial charge in [0, 0.05) is 24.1 Å². The molecule has 0 unspecified atom stereocenters. The summed E-state index contributed by atoms with van der Waals surface area (Å²) in [4.78, 5) is 26.0. The third-order valence-corrected chi connectivity index (χ3v) is 4.31. The topological polar surface area (TPSA) is 63.5 Å². The van der Waals surface area contributed by atoms with E-state index in [-0.39, 0.29) is 17.2 Å². The van der Waals surface area contributed by atoms with E-state index in [2.05, 4.69) is 0 Å². The van der Waals surface area contributed by atoms with Crippen molar-refractivity contribution in [1.82, 2.24) is 4.90 Å². The van der Waals surface area contributed by atoms with Gasteiger partial charge in [0.15, 0.2) is 0 Å². The summed E-state index contributed by atoms with van der Waals surface area (Å²) < 4.78 is 0. The number of amides is 1. The molecule has 1 saturated carbocycles. The van der Waals surface area contributed by atoms with Crippen LogP contribution in [0.1, 0.15) is 36.5 Å². The largest absolute Gasteiger partial charge is 0.338 e. The Labute approximate surface area is 128 Å². The molecule has 0 aromatic heterocycles. The normalized spacial score (nSPS) is 14.0. The molecule has 0 spiro atoms. The Morgan fingerprint density at radius 3 is 2.71 bits per heavy atom. The quantitative estimate of drug-likeness (QED) is 0.439. The Hall–Kier alpha value is -1.56. The number of benzene rings is 1. The highest BCUT2D eigenvalue weighted by Gasteiger charge is 2.30. The van der Waals surface area contributed by atoms with Crippen LogP contribution in [0, 0.1) is 16.0 Å². The summed E-state index contributed by atoms with van der Waals surface area (Å²) in [6, 6.07) is 4.76. The maximum atomic E-state index is 12.7. The first-order valence-corrected chi connectivity index (χ1v) is 8.41. The molecular formula is C15H20N2O3S. The van der Waals surface area contributed by atoms with Crippen molar-refractivity contribution in [3.63, 3.8) is 0 Å². The first-order valence-electron chi connectivity index (χ1n) is 7.18. The number of rotatable bonds is 7. The molecule has 6 heteroatoms. The Balaban J connectivity index is 2.31. The summed E-state index contributed by atoms with van der Waals surface area (Å²) in [6.07, 6.45) is 5.05. The fraction of sp³-hybridized carbons (Fsp3) is 0.533. The summed E-state index contributed by atoms with van der Waals surface area (Å²) in [5.41, 5.74) is 0.107. The smallest absolute Gasteiger partial charge is 0.282 e. The minimum absolute atomic E-state index is 0.102. The van der Waals surface area contributed by atoms with Crippen LogP contribution in [0.4, 0.5) is 5.69 Å². The molecule has 5 nitrogen and oxygen atoms in total. The van der Waals surface area contributed by atoms with Crippen LogP contribution in [0.3, 0.4) is 0 Å². The predicted molar refractivity (Wildman–Crippen MR) is 83.8 cm³/mol. The lowest BCUT2D eigenvalue weighted by Gasteiger charge is -2.22. The van der Waals surface area contributed by atoms with Crippen LogP contribution in [0.2, 0.25) is 0 Å². The molecule has 0 bridgehead atoms. The van der Waals surface area contributed by atoms with E-state index >= 15 is 0 Å². The van der Waals surface area contributed by atoms with Gasteiger partial charge in [-0.2, -0.15) is 0 Å². The molecule has 0 heterocycles. The minimum Gasteiger partial charge on any atom is -0.338 e. The van der Waals surface area contributed by atoms with E-state index in [0.717, 1.165) is 24.2 Å². The SMILES string of the molecule is CCCN(CC1CC1)C(=O)c1cc(SC)ccc1[N+](=O)[O-]. The number of hydrogen-bond donors (Lipinski definition) is 0. The average molecular weight is 308 g/mol. The fourth-order valence-corrected chi connectivity index (χ4v) is 2.74. The van der Waals surface area contributed by atoms with Crippen molar-refractivity contribution < 1.29 is 9.72 Å². The summed E-state index contributed by atoms with van der Waals surface area (Å²) in [5, 5.41) is 11.2. The van der Waals surface area contributed by atoms with Gasteiger partial charge in [-0.1, -0.05) is 6.92 Å². The van der Waals surface area contributed by atoms with Gasteiger partial charge in [-0.25, -0.2) is 0 Å². The number of carbonyl (C=O) groups excluding carboxylic acids is 1. The molecule has 1 aromatic rings. The van der Waals surface area contributed by atoms with Crippen molar-refractivity contribution in [3.8, 4) is 0 Å². The number of nitro groups is 1. The lowest BCUT2D eigenvalue weighted by molar-refractivity contribution is -0.385. The molecule has 21 heavy (non-hydrogen) atoms. The highest BCUT2D eigenvalue weighted by Crippen LogP contribution is 2.31. The van der Waals surface area contributed by atoms with Gasteiger partial charge in [0.1, 0.15) is 5.56 Å². The van der Waals surface area contributed by atoms with Gasteiger partial charge < -0.3 is 4.90 Å². The van der Waals surface area contributed by atoms with Gasteiger partial charge >= 0.3 is 0 Å². The van der Waals surface area contributed by atoms with Gasteiger partial charge in [-0.3, -0.25) is 14.9 Å². The maximum absolute atomic E-state index is 12.7. The third-order valence-electron chi connectivity index (χ3n) is 3.59. The summed E-state index contributed by atoms with van der Waals surface area (Å²) in [6.45, 7) is 3.38. The van der Waals surface area contributed by atoms with Crippen molar-refractivity contribution in [1.29, 1.82) is 0 Å². The van der Waals surface area contributed by atoms with E-state index < -0.39 is 4.92 Å². The molecule has 114 valence electrons. The summed E-state index contributed by atoms with van der Waals surface area (Å²) in [5.74, 6) is 0.356. The first-order chi connectivity index (χ1) is 10.1. The van der Waals surface area contributed by atoms with Crippen LogP contribution in [0.25, 0.3) is 0 Å². The zero-order valence-corrected chi connectivity index (χ0v) is 13.2. The first kappa shape index (κ1) is 15.8. The average Bonchev–Trinajstić information content (AvgIpc) is 3.29. The number of nitrogens with zero attached hydrogens (tertiary/aromatic N) is 2. The molecule has 1 aromatic carbocycles. The second kappa shape index (κ2) is 6.93. The number of thioether (sulfide) groups is 1. The van der Waals surface area contributed by atoms with Crippen LogP contribution in [0.5, 0.6) is 0 Å². The van der Waals surface area contributed by atoms with Gasteiger partial charge in [-0.15, -0.1) is 11.8 Å². The van der Waals surface area contributed by atoms with Gasteiger partial charge in [0.05, 0.1) is 4.92 Å². The fourth-order valence-electron chi connectivity index (χ4n) is 2.30. The van der Waals surface area contributed by atoms with Gasteiger partial charge in [0.25, 0.3) is 11.6 Å². The van der Waals surface area contributed by atoms with E-state index in [0.29, 0.717) is 19.0 Å². The summed E-state index contributed by atoms with van der Waals surface area (Å²) in [7, 11) is 0. The lowest BCUT2D eigenvalue weighted by atomic mass is 10.1. The van der Waals surface area contributed by atoms with Crippen LogP contribution < -0.4 is 0 Å². The standard InChI is InChI=1S/C15H20N2O3S/c1-3-8-16(10-11-4-5-11)15(18)13-9-12(21-2)6-7-14(13)17(19)20/h6-7,9,11H,3-5,8,10H2,1-2H3. The number of nitro benzene ring substituents is 1. The second-order valence-electron chi connectivity index (χ2n) is 5.33. The molecular weight excluding hydrogens is 288 g/mol. The Bertz CT molecular complexity index is 544. The Morgan fingerprint density at radius 2 is 2.19 bits per heavy atom. The van der Waals surface area contributed by atoms with Crippen molar-refractivity contribution >= 4 is 23.4 Å². The highest BCUT2D eigenvalue weighted by atomic mass is 32.2. The molecule has 0 radical (unpaired) electrons. The van der Waals surface area contributed by atoms with Crippen molar-refractivity contribution in [2.24, 2.45) is 5.92 Å². The zero-order valence-electron chi connectivity index (χ0n) is 12.4. The molecule has 1 amide bonds. The van der Waals surface area contributed by atoms with E-state index in [1.54, 1.807) is 17.0 Å². The molecule has 0 aliphatic heterocycles.